The maximum Gasteiger partial charge on any atom is 0.295 e. The van der Waals surface area contributed by atoms with Crippen molar-refractivity contribution in [2.75, 3.05) is 5.32 Å². The van der Waals surface area contributed by atoms with Gasteiger partial charge in [0.05, 0.1) is 0 Å². The standard InChI is InChI=1S/C14H14N4O2/c1-8(19)10-3-2-4-11(7-10)15-14(20)13-16-12(17-18-13)9-5-6-9/h2-4,7,9H,5-6H2,1H3,(H,15,20)(H,16,17,18). The van der Waals surface area contributed by atoms with Gasteiger partial charge in [-0.15, -0.1) is 5.10 Å². The summed E-state index contributed by atoms with van der Waals surface area (Å²) in [6.45, 7) is 1.48. The van der Waals surface area contributed by atoms with E-state index in [1.165, 1.54) is 6.92 Å². The lowest BCUT2D eigenvalue weighted by Gasteiger charge is -2.03. The van der Waals surface area contributed by atoms with E-state index in [-0.39, 0.29) is 17.5 Å². The minimum absolute atomic E-state index is 0.0463. The summed E-state index contributed by atoms with van der Waals surface area (Å²) in [7, 11) is 0. The second-order valence-electron chi connectivity index (χ2n) is 4.91. The number of aromatic amines is 1. The highest BCUT2D eigenvalue weighted by atomic mass is 16.2. The quantitative estimate of drug-likeness (QED) is 0.833. The molecule has 0 aliphatic heterocycles. The maximum atomic E-state index is 12.0. The SMILES string of the molecule is CC(=O)c1cccc(NC(=O)c2n[nH]c(C3CC3)n2)c1. The smallest absolute Gasteiger partial charge is 0.295 e. The predicted octanol–water partition coefficient (Wildman–Crippen LogP) is 2.14. The van der Waals surface area contributed by atoms with Gasteiger partial charge in [0.1, 0.15) is 5.82 Å². The van der Waals surface area contributed by atoms with Crippen LogP contribution in [0.3, 0.4) is 0 Å². The van der Waals surface area contributed by atoms with Gasteiger partial charge in [-0.25, -0.2) is 4.98 Å². The van der Waals surface area contributed by atoms with E-state index < -0.39 is 0 Å². The van der Waals surface area contributed by atoms with Crippen LogP contribution in [0, 0.1) is 0 Å². The van der Waals surface area contributed by atoms with Gasteiger partial charge in [-0.05, 0) is 31.9 Å². The summed E-state index contributed by atoms with van der Waals surface area (Å²) in [5, 5.41) is 9.39. The van der Waals surface area contributed by atoms with Gasteiger partial charge < -0.3 is 5.32 Å². The number of amides is 1. The van der Waals surface area contributed by atoms with Gasteiger partial charge in [0.15, 0.2) is 5.78 Å². The van der Waals surface area contributed by atoms with E-state index in [0.717, 1.165) is 18.7 Å². The number of anilines is 1. The van der Waals surface area contributed by atoms with Gasteiger partial charge in [0.2, 0.25) is 5.82 Å². The number of benzene rings is 1. The molecule has 0 atom stereocenters. The Hall–Kier alpha value is -2.50. The fraction of sp³-hybridized carbons (Fsp3) is 0.286. The topological polar surface area (TPSA) is 87.7 Å². The first kappa shape index (κ1) is 12.5. The van der Waals surface area contributed by atoms with Crippen molar-refractivity contribution in [1.82, 2.24) is 15.2 Å². The van der Waals surface area contributed by atoms with Crippen molar-refractivity contribution in [2.24, 2.45) is 0 Å². The molecule has 0 unspecified atom stereocenters. The molecule has 1 aliphatic carbocycles. The number of rotatable bonds is 4. The van der Waals surface area contributed by atoms with Crippen molar-refractivity contribution >= 4 is 17.4 Å². The third-order valence-corrected chi connectivity index (χ3v) is 3.20. The average Bonchev–Trinajstić information content (AvgIpc) is 3.16. The third-order valence-electron chi connectivity index (χ3n) is 3.20. The van der Waals surface area contributed by atoms with Gasteiger partial charge in [0.25, 0.3) is 5.91 Å². The zero-order valence-electron chi connectivity index (χ0n) is 11.0. The average molecular weight is 270 g/mol. The summed E-state index contributed by atoms with van der Waals surface area (Å²) in [6, 6.07) is 6.78. The lowest BCUT2D eigenvalue weighted by Crippen LogP contribution is -2.14. The van der Waals surface area contributed by atoms with Crippen LogP contribution in [0.25, 0.3) is 0 Å². The molecular formula is C14H14N4O2. The van der Waals surface area contributed by atoms with E-state index in [1.807, 2.05) is 0 Å². The minimum atomic E-state index is -0.381. The Labute approximate surface area is 115 Å². The van der Waals surface area contributed by atoms with E-state index >= 15 is 0 Å². The molecule has 6 heteroatoms. The molecule has 1 aliphatic rings. The third kappa shape index (κ3) is 2.59. The molecule has 2 aromatic rings. The highest BCUT2D eigenvalue weighted by Gasteiger charge is 2.28. The molecular weight excluding hydrogens is 256 g/mol. The van der Waals surface area contributed by atoms with Crippen LogP contribution in [-0.2, 0) is 0 Å². The number of aromatic nitrogens is 3. The Bertz CT molecular complexity index is 673. The molecule has 0 saturated heterocycles. The van der Waals surface area contributed by atoms with Crippen LogP contribution < -0.4 is 5.32 Å². The Morgan fingerprint density at radius 3 is 2.85 bits per heavy atom. The van der Waals surface area contributed by atoms with Gasteiger partial charge in [-0.2, -0.15) is 0 Å². The number of nitrogens with zero attached hydrogens (tertiary/aromatic N) is 2. The number of hydrogen-bond donors (Lipinski definition) is 2. The van der Waals surface area contributed by atoms with Gasteiger partial charge >= 0.3 is 0 Å². The summed E-state index contributed by atoms with van der Waals surface area (Å²) < 4.78 is 0. The highest BCUT2D eigenvalue weighted by molar-refractivity contribution is 6.02. The van der Waals surface area contributed by atoms with Crippen LogP contribution in [-0.4, -0.2) is 26.9 Å². The Kier molecular flexibility index (Phi) is 3.06. The summed E-state index contributed by atoms with van der Waals surface area (Å²) in [6.07, 6.45) is 2.19. The molecule has 6 nitrogen and oxygen atoms in total. The van der Waals surface area contributed by atoms with Crippen LogP contribution in [0.1, 0.15) is 52.5 Å². The number of Topliss-reactive ketones (excluding diaryl/α,β-unsaturated/α-hetero) is 1. The Morgan fingerprint density at radius 2 is 2.15 bits per heavy atom. The number of nitrogens with one attached hydrogen (secondary N) is 2. The fourth-order valence-corrected chi connectivity index (χ4v) is 1.92. The van der Waals surface area contributed by atoms with Crippen molar-refractivity contribution in [1.29, 1.82) is 0 Å². The lowest BCUT2D eigenvalue weighted by atomic mass is 10.1. The van der Waals surface area contributed by atoms with Gasteiger partial charge in [-0.3, -0.25) is 14.7 Å². The molecule has 0 spiro atoms. The molecule has 1 heterocycles. The number of hydrogen-bond acceptors (Lipinski definition) is 4. The molecule has 1 saturated carbocycles. The van der Waals surface area contributed by atoms with Crippen molar-refractivity contribution in [3.05, 3.63) is 41.5 Å². The molecule has 1 fully saturated rings. The van der Waals surface area contributed by atoms with Crippen molar-refractivity contribution < 1.29 is 9.59 Å². The monoisotopic (exact) mass is 270 g/mol. The first-order chi connectivity index (χ1) is 9.63. The van der Waals surface area contributed by atoms with E-state index in [1.54, 1.807) is 24.3 Å². The maximum absolute atomic E-state index is 12.0. The summed E-state index contributed by atoms with van der Waals surface area (Å²) in [4.78, 5) is 27.5. The normalized spacial score (nSPS) is 14.1. The molecule has 1 aromatic carbocycles. The minimum Gasteiger partial charge on any atom is -0.319 e. The molecule has 20 heavy (non-hydrogen) atoms. The Morgan fingerprint density at radius 1 is 1.35 bits per heavy atom. The summed E-state index contributed by atoms with van der Waals surface area (Å²) >= 11 is 0. The molecule has 2 N–H and O–H groups in total. The van der Waals surface area contributed by atoms with Crippen LogP contribution >= 0.6 is 0 Å². The van der Waals surface area contributed by atoms with E-state index in [2.05, 4.69) is 20.5 Å². The van der Waals surface area contributed by atoms with E-state index in [9.17, 15) is 9.59 Å². The second-order valence-corrected chi connectivity index (χ2v) is 4.91. The van der Waals surface area contributed by atoms with Gasteiger partial charge in [-0.1, -0.05) is 12.1 Å². The second kappa shape index (κ2) is 4.88. The number of ketones is 1. The largest absolute Gasteiger partial charge is 0.319 e. The van der Waals surface area contributed by atoms with Crippen molar-refractivity contribution in [2.45, 2.75) is 25.7 Å². The number of H-pyrrole nitrogens is 1. The first-order valence-electron chi connectivity index (χ1n) is 6.48. The number of carbonyl (C=O) groups is 2. The molecule has 3 rings (SSSR count). The zero-order chi connectivity index (χ0) is 14.1. The summed E-state index contributed by atoms with van der Waals surface area (Å²) in [5.41, 5.74) is 1.11. The van der Waals surface area contributed by atoms with Crippen LogP contribution in [0.2, 0.25) is 0 Å². The van der Waals surface area contributed by atoms with Crippen LogP contribution in [0.5, 0.6) is 0 Å². The summed E-state index contributed by atoms with van der Waals surface area (Å²) in [5.74, 6) is 0.890. The fourth-order valence-electron chi connectivity index (χ4n) is 1.92. The van der Waals surface area contributed by atoms with E-state index in [4.69, 9.17) is 0 Å². The van der Waals surface area contributed by atoms with Crippen molar-refractivity contribution in [3.63, 3.8) is 0 Å². The predicted molar refractivity (Wildman–Crippen MR) is 72.8 cm³/mol. The molecule has 0 bridgehead atoms. The molecule has 1 aromatic heterocycles. The molecule has 1 amide bonds. The molecule has 0 radical (unpaired) electrons. The Balaban J connectivity index is 1.74. The van der Waals surface area contributed by atoms with E-state index in [0.29, 0.717) is 17.2 Å². The van der Waals surface area contributed by atoms with Crippen LogP contribution in [0.4, 0.5) is 5.69 Å². The van der Waals surface area contributed by atoms with Crippen LogP contribution in [0.15, 0.2) is 24.3 Å². The molecule has 102 valence electrons. The first-order valence-corrected chi connectivity index (χ1v) is 6.48. The highest BCUT2D eigenvalue weighted by Crippen LogP contribution is 2.37. The number of carbonyl (C=O) groups excluding carboxylic acids is 2. The van der Waals surface area contributed by atoms with Crippen molar-refractivity contribution in [3.8, 4) is 0 Å². The lowest BCUT2D eigenvalue weighted by molar-refractivity contribution is 0.100. The zero-order valence-corrected chi connectivity index (χ0v) is 11.0. The van der Waals surface area contributed by atoms with Gasteiger partial charge in [0, 0.05) is 17.2 Å².